The van der Waals surface area contributed by atoms with Crippen molar-refractivity contribution < 1.29 is 4.74 Å². The van der Waals surface area contributed by atoms with Crippen molar-refractivity contribution in [2.24, 2.45) is 10.9 Å². The number of para-hydroxylation sites is 1. The van der Waals surface area contributed by atoms with Crippen molar-refractivity contribution >= 4 is 11.4 Å². The van der Waals surface area contributed by atoms with Crippen LogP contribution in [0.5, 0.6) is 11.5 Å². The van der Waals surface area contributed by atoms with Crippen molar-refractivity contribution in [3.63, 3.8) is 0 Å². The first-order valence-electron chi connectivity index (χ1n) is 10.4. The predicted molar refractivity (Wildman–Crippen MR) is 124 cm³/mol. The molecule has 0 amide bonds. The van der Waals surface area contributed by atoms with Crippen molar-refractivity contribution in [3.05, 3.63) is 115 Å². The molecule has 0 radical (unpaired) electrons. The van der Waals surface area contributed by atoms with Crippen LogP contribution >= 0.6 is 0 Å². The maximum Gasteiger partial charge on any atom is 0.127 e. The van der Waals surface area contributed by atoms with E-state index in [0.29, 0.717) is 5.92 Å². The summed E-state index contributed by atoms with van der Waals surface area (Å²) < 4.78 is 5.89. The second-order valence-electron chi connectivity index (χ2n) is 7.62. The molecule has 146 valence electrons. The Hall–Kier alpha value is -3.65. The first-order chi connectivity index (χ1) is 14.8. The Kier molecular flexibility index (Phi) is 5.14. The van der Waals surface area contributed by atoms with Crippen LogP contribution in [0, 0.1) is 5.92 Å². The molecule has 0 saturated heterocycles. The zero-order chi connectivity index (χ0) is 20.2. The van der Waals surface area contributed by atoms with Crippen molar-refractivity contribution in [2.45, 2.75) is 12.8 Å². The summed E-state index contributed by atoms with van der Waals surface area (Å²) in [4.78, 5) is 5.00. The summed E-state index contributed by atoms with van der Waals surface area (Å²) in [6.07, 6.45) is 2.43. The van der Waals surface area contributed by atoms with E-state index in [1.165, 1.54) is 35.2 Å². The van der Waals surface area contributed by atoms with Gasteiger partial charge in [0, 0.05) is 5.92 Å². The monoisotopic (exact) mass is 389 g/mol. The molecule has 0 aromatic heterocycles. The molecule has 5 rings (SSSR count). The minimum atomic E-state index is 0.563. The molecule has 0 aliphatic heterocycles. The lowest BCUT2D eigenvalue weighted by Gasteiger charge is -2.09. The van der Waals surface area contributed by atoms with E-state index in [9.17, 15) is 0 Å². The third-order valence-electron chi connectivity index (χ3n) is 5.32. The fourth-order valence-corrected chi connectivity index (χ4v) is 3.56. The summed E-state index contributed by atoms with van der Waals surface area (Å²) in [7, 11) is 0. The van der Waals surface area contributed by atoms with E-state index in [1.54, 1.807) is 0 Å². The number of benzene rings is 4. The van der Waals surface area contributed by atoms with Gasteiger partial charge < -0.3 is 4.74 Å². The van der Waals surface area contributed by atoms with Crippen LogP contribution in [0.4, 0.5) is 5.69 Å². The van der Waals surface area contributed by atoms with Gasteiger partial charge in [0.15, 0.2) is 0 Å². The molecular weight excluding hydrogens is 366 g/mol. The lowest BCUT2D eigenvalue weighted by molar-refractivity contribution is 0.483. The number of hydrogen-bond acceptors (Lipinski definition) is 2. The lowest BCUT2D eigenvalue weighted by atomic mass is 10.0. The number of aliphatic imine (C=N–C) groups is 1. The van der Waals surface area contributed by atoms with Gasteiger partial charge in [0.2, 0.25) is 0 Å². The van der Waals surface area contributed by atoms with Gasteiger partial charge >= 0.3 is 0 Å². The topological polar surface area (TPSA) is 21.6 Å². The predicted octanol–water partition coefficient (Wildman–Crippen LogP) is 7.68. The molecule has 2 nitrogen and oxygen atoms in total. The molecule has 0 bridgehead atoms. The highest BCUT2D eigenvalue weighted by Gasteiger charge is 2.28. The van der Waals surface area contributed by atoms with Gasteiger partial charge in [-0.05, 0) is 65.9 Å². The van der Waals surface area contributed by atoms with Gasteiger partial charge in [-0.25, -0.2) is 0 Å². The third-order valence-corrected chi connectivity index (χ3v) is 5.32. The number of rotatable bonds is 6. The van der Waals surface area contributed by atoms with Gasteiger partial charge in [-0.2, -0.15) is 0 Å². The van der Waals surface area contributed by atoms with Crippen LogP contribution < -0.4 is 4.74 Å². The molecular formula is C28H23NO. The molecule has 0 atom stereocenters. The first-order valence-corrected chi connectivity index (χ1v) is 10.4. The molecule has 1 fully saturated rings. The van der Waals surface area contributed by atoms with Crippen LogP contribution in [0.15, 0.2) is 114 Å². The van der Waals surface area contributed by atoms with Crippen molar-refractivity contribution in [2.75, 3.05) is 0 Å². The highest BCUT2D eigenvalue weighted by atomic mass is 16.5. The average molecular weight is 389 g/mol. The maximum absolute atomic E-state index is 5.89. The van der Waals surface area contributed by atoms with Crippen LogP contribution in [-0.2, 0) is 0 Å². The SMILES string of the molecule is c1ccc(Oc2ccc(N=C(c3ccc(-c4ccccc4)cc3)C3CC3)cc2)cc1. The quantitative estimate of drug-likeness (QED) is 0.310. The smallest absolute Gasteiger partial charge is 0.127 e. The van der Waals surface area contributed by atoms with Gasteiger partial charge in [-0.1, -0.05) is 72.8 Å². The second kappa shape index (κ2) is 8.38. The standard InChI is InChI=1S/C28H23NO/c1-3-7-21(8-4-1)22-11-13-23(14-12-22)28(24-15-16-24)29-25-17-19-27(20-18-25)30-26-9-5-2-6-10-26/h1-14,17-20,24H,15-16H2. The second-order valence-corrected chi connectivity index (χ2v) is 7.62. The third kappa shape index (κ3) is 4.33. The summed E-state index contributed by atoms with van der Waals surface area (Å²) in [6, 6.07) is 37.1. The molecule has 30 heavy (non-hydrogen) atoms. The van der Waals surface area contributed by atoms with Crippen LogP contribution in [0.25, 0.3) is 11.1 Å². The van der Waals surface area contributed by atoms with Gasteiger partial charge in [-0.15, -0.1) is 0 Å². The molecule has 4 aromatic carbocycles. The normalized spacial score (nSPS) is 13.8. The fraction of sp³-hybridized carbons (Fsp3) is 0.107. The zero-order valence-corrected chi connectivity index (χ0v) is 16.7. The Morgan fingerprint density at radius 2 is 1.17 bits per heavy atom. The van der Waals surface area contributed by atoms with Crippen molar-refractivity contribution in [1.29, 1.82) is 0 Å². The molecule has 1 aliphatic carbocycles. The minimum Gasteiger partial charge on any atom is -0.457 e. The van der Waals surface area contributed by atoms with Crippen LogP contribution in [0.3, 0.4) is 0 Å². The summed E-state index contributed by atoms with van der Waals surface area (Å²) in [5, 5.41) is 0. The van der Waals surface area contributed by atoms with E-state index in [0.717, 1.165) is 17.2 Å². The number of nitrogens with zero attached hydrogens (tertiary/aromatic N) is 1. The maximum atomic E-state index is 5.89. The van der Waals surface area contributed by atoms with E-state index >= 15 is 0 Å². The van der Waals surface area contributed by atoms with Crippen LogP contribution in [-0.4, -0.2) is 5.71 Å². The van der Waals surface area contributed by atoms with Crippen molar-refractivity contribution in [1.82, 2.24) is 0 Å². The van der Waals surface area contributed by atoms with E-state index in [1.807, 2.05) is 60.7 Å². The zero-order valence-electron chi connectivity index (χ0n) is 16.7. The molecule has 1 saturated carbocycles. The number of ether oxygens (including phenoxy) is 1. The fourth-order valence-electron chi connectivity index (χ4n) is 3.56. The van der Waals surface area contributed by atoms with Crippen LogP contribution in [0.2, 0.25) is 0 Å². The lowest BCUT2D eigenvalue weighted by Crippen LogP contribution is -2.03. The van der Waals surface area contributed by atoms with E-state index in [-0.39, 0.29) is 0 Å². The molecule has 0 heterocycles. The summed E-state index contributed by atoms with van der Waals surface area (Å²) >= 11 is 0. The summed E-state index contributed by atoms with van der Waals surface area (Å²) in [5.41, 5.74) is 5.83. The highest BCUT2D eigenvalue weighted by molar-refractivity contribution is 6.05. The highest BCUT2D eigenvalue weighted by Crippen LogP contribution is 2.35. The Morgan fingerprint density at radius 1 is 0.600 bits per heavy atom. The summed E-state index contributed by atoms with van der Waals surface area (Å²) in [5.74, 6) is 2.22. The molecule has 1 aliphatic rings. The first kappa shape index (κ1) is 18.4. The van der Waals surface area contributed by atoms with Crippen LogP contribution in [0.1, 0.15) is 18.4 Å². The van der Waals surface area contributed by atoms with E-state index < -0.39 is 0 Å². The molecule has 0 unspecified atom stereocenters. The van der Waals surface area contributed by atoms with Gasteiger partial charge in [-0.3, -0.25) is 4.99 Å². The molecule has 0 N–H and O–H groups in total. The summed E-state index contributed by atoms with van der Waals surface area (Å²) in [6.45, 7) is 0. The van der Waals surface area contributed by atoms with Gasteiger partial charge in [0.05, 0.1) is 11.4 Å². The average Bonchev–Trinajstić information content (AvgIpc) is 3.65. The molecule has 0 spiro atoms. The molecule has 2 heteroatoms. The Morgan fingerprint density at radius 3 is 1.80 bits per heavy atom. The van der Waals surface area contributed by atoms with Gasteiger partial charge in [0.25, 0.3) is 0 Å². The number of hydrogen-bond donors (Lipinski definition) is 0. The largest absolute Gasteiger partial charge is 0.457 e. The molecule has 4 aromatic rings. The van der Waals surface area contributed by atoms with Gasteiger partial charge in [0.1, 0.15) is 11.5 Å². The minimum absolute atomic E-state index is 0.563. The van der Waals surface area contributed by atoms with E-state index in [2.05, 4.69) is 48.5 Å². The Bertz CT molecular complexity index is 1130. The Balaban J connectivity index is 1.37. The van der Waals surface area contributed by atoms with E-state index in [4.69, 9.17) is 9.73 Å². The van der Waals surface area contributed by atoms with Crippen molar-refractivity contribution in [3.8, 4) is 22.6 Å². The Labute approximate surface area is 177 Å².